The van der Waals surface area contributed by atoms with E-state index >= 15 is 0 Å². The molecule has 0 bridgehead atoms. The van der Waals surface area contributed by atoms with Crippen LogP contribution in [0.3, 0.4) is 0 Å². The molecule has 1 aliphatic rings. The molecule has 0 unspecified atom stereocenters. The Morgan fingerprint density at radius 3 is 2.44 bits per heavy atom. The number of carbonyl (C=O) groups excluding carboxylic acids is 1. The summed E-state index contributed by atoms with van der Waals surface area (Å²) in [5.74, 6) is -0.257. The molecular weight excluding hydrogens is 202 g/mol. The summed E-state index contributed by atoms with van der Waals surface area (Å²) in [7, 11) is 0. The van der Waals surface area contributed by atoms with Crippen LogP contribution in [-0.2, 0) is 4.74 Å². The summed E-state index contributed by atoms with van der Waals surface area (Å²) in [6, 6.07) is 8.09. The maximum Gasteiger partial charge on any atom is 0.338 e. The first-order valence-corrected chi connectivity index (χ1v) is 5.73. The lowest BCUT2D eigenvalue weighted by molar-refractivity contribution is 0.0378. The van der Waals surface area contributed by atoms with Crippen molar-refractivity contribution in [2.45, 2.75) is 38.8 Å². The number of benzene rings is 1. The number of anilines is 1. The zero-order valence-corrected chi connectivity index (χ0v) is 9.69. The van der Waals surface area contributed by atoms with Crippen LogP contribution in [0.1, 0.15) is 37.0 Å². The lowest BCUT2D eigenvalue weighted by Crippen LogP contribution is -2.11. The van der Waals surface area contributed by atoms with Crippen molar-refractivity contribution in [1.82, 2.24) is 0 Å². The van der Waals surface area contributed by atoms with Gasteiger partial charge in [-0.2, -0.15) is 0 Å². The summed E-state index contributed by atoms with van der Waals surface area (Å²) in [5, 5.41) is 3.37. The van der Waals surface area contributed by atoms with Gasteiger partial charge in [0.1, 0.15) is 0 Å². The van der Waals surface area contributed by atoms with Crippen molar-refractivity contribution in [1.29, 1.82) is 0 Å². The SMILES string of the molecule is CC(C)OC(=O)c1ccc(NC2CC2)cc1. The molecule has 0 aromatic heterocycles. The zero-order valence-electron chi connectivity index (χ0n) is 9.69. The van der Waals surface area contributed by atoms with Crippen molar-refractivity contribution in [3.8, 4) is 0 Å². The average molecular weight is 219 g/mol. The summed E-state index contributed by atoms with van der Waals surface area (Å²) in [5.41, 5.74) is 1.68. The third-order valence-electron chi connectivity index (χ3n) is 2.41. The molecule has 0 aliphatic heterocycles. The fourth-order valence-electron chi connectivity index (χ4n) is 1.45. The third-order valence-corrected chi connectivity index (χ3v) is 2.41. The van der Waals surface area contributed by atoms with Crippen LogP contribution in [-0.4, -0.2) is 18.1 Å². The molecule has 86 valence electrons. The van der Waals surface area contributed by atoms with E-state index in [9.17, 15) is 4.79 Å². The Balaban J connectivity index is 1.97. The van der Waals surface area contributed by atoms with Gasteiger partial charge >= 0.3 is 5.97 Å². The predicted octanol–water partition coefficient (Wildman–Crippen LogP) is 2.83. The molecule has 1 aliphatic carbocycles. The van der Waals surface area contributed by atoms with E-state index < -0.39 is 0 Å². The van der Waals surface area contributed by atoms with Gasteiger partial charge in [0.15, 0.2) is 0 Å². The summed E-state index contributed by atoms with van der Waals surface area (Å²) < 4.78 is 5.11. The minimum atomic E-state index is -0.257. The van der Waals surface area contributed by atoms with Crippen LogP contribution in [0.2, 0.25) is 0 Å². The summed E-state index contributed by atoms with van der Waals surface area (Å²) in [4.78, 5) is 11.6. The Morgan fingerprint density at radius 2 is 1.94 bits per heavy atom. The normalized spacial score (nSPS) is 14.9. The minimum Gasteiger partial charge on any atom is -0.459 e. The standard InChI is InChI=1S/C13H17NO2/c1-9(2)16-13(15)10-3-5-11(6-4-10)14-12-7-8-12/h3-6,9,12,14H,7-8H2,1-2H3. The highest BCUT2D eigenvalue weighted by molar-refractivity contribution is 5.89. The van der Waals surface area contributed by atoms with Gasteiger partial charge in [-0.1, -0.05) is 0 Å². The first kappa shape index (κ1) is 11.0. The maximum atomic E-state index is 11.6. The van der Waals surface area contributed by atoms with E-state index in [1.807, 2.05) is 26.0 Å². The number of nitrogens with one attached hydrogen (secondary N) is 1. The highest BCUT2D eigenvalue weighted by Gasteiger charge is 2.20. The molecule has 1 fully saturated rings. The smallest absolute Gasteiger partial charge is 0.338 e. The molecular formula is C13H17NO2. The number of esters is 1. The van der Waals surface area contributed by atoms with Crippen molar-refractivity contribution in [3.05, 3.63) is 29.8 Å². The van der Waals surface area contributed by atoms with Crippen molar-refractivity contribution in [3.63, 3.8) is 0 Å². The van der Waals surface area contributed by atoms with Gasteiger partial charge in [-0.25, -0.2) is 4.79 Å². The van der Waals surface area contributed by atoms with Crippen LogP contribution in [0.4, 0.5) is 5.69 Å². The topological polar surface area (TPSA) is 38.3 Å². The fourth-order valence-corrected chi connectivity index (χ4v) is 1.45. The number of rotatable bonds is 4. The summed E-state index contributed by atoms with van der Waals surface area (Å²) >= 11 is 0. The summed E-state index contributed by atoms with van der Waals surface area (Å²) in [6.45, 7) is 3.70. The van der Waals surface area contributed by atoms with E-state index in [1.165, 1.54) is 12.8 Å². The van der Waals surface area contributed by atoms with Crippen molar-refractivity contribution in [2.75, 3.05) is 5.32 Å². The van der Waals surface area contributed by atoms with Crippen molar-refractivity contribution < 1.29 is 9.53 Å². The molecule has 0 atom stereocenters. The van der Waals surface area contributed by atoms with Crippen LogP contribution in [0.5, 0.6) is 0 Å². The van der Waals surface area contributed by atoms with E-state index in [0.717, 1.165) is 5.69 Å². The number of ether oxygens (including phenoxy) is 1. The Kier molecular flexibility index (Phi) is 3.13. The largest absolute Gasteiger partial charge is 0.459 e. The van der Waals surface area contributed by atoms with Crippen LogP contribution in [0.25, 0.3) is 0 Å². The monoisotopic (exact) mass is 219 g/mol. The fraction of sp³-hybridized carbons (Fsp3) is 0.462. The Bertz CT molecular complexity index is 366. The Morgan fingerprint density at radius 1 is 1.31 bits per heavy atom. The molecule has 1 aromatic rings. The maximum absolute atomic E-state index is 11.6. The van der Waals surface area contributed by atoms with Crippen molar-refractivity contribution >= 4 is 11.7 Å². The van der Waals surface area contributed by atoms with E-state index in [0.29, 0.717) is 11.6 Å². The zero-order chi connectivity index (χ0) is 11.5. The molecule has 2 rings (SSSR count). The molecule has 1 saturated carbocycles. The van der Waals surface area contributed by atoms with Gasteiger partial charge in [-0.3, -0.25) is 0 Å². The highest BCUT2D eigenvalue weighted by Crippen LogP contribution is 2.24. The van der Waals surface area contributed by atoms with Crippen LogP contribution < -0.4 is 5.32 Å². The lowest BCUT2D eigenvalue weighted by Gasteiger charge is -2.09. The first-order chi connectivity index (χ1) is 7.65. The molecule has 0 radical (unpaired) electrons. The van der Waals surface area contributed by atoms with E-state index in [1.54, 1.807) is 12.1 Å². The highest BCUT2D eigenvalue weighted by atomic mass is 16.5. The van der Waals surface area contributed by atoms with Gasteiger partial charge in [-0.15, -0.1) is 0 Å². The second-order valence-corrected chi connectivity index (χ2v) is 4.45. The molecule has 1 aromatic carbocycles. The molecule has 0 saturated heterocycles. The molecule has 3 heteroatoms. The van der Waals surface area contributed by atoms with E-state index in [-0.39, 0.29) is 12.1 Å². The third kappa shape index (κ3) is 2.99. The molecule has 0 amide bonds. The Hall–Kier alpha value is -1.51. The van der Waals surface area contributed by atoms with Gasteiger partial charge in [0, 0.05) is 11.7 Å². The minimum absolute atomic E-state index is 0.0724. The van der Waals surface area contributed by atoms with E-state index in [2.05, 4.69) is 5.32 Å². The average Bonchev–Trinajstić information content (AvgIpc) is 3.01. The molecule has 16 heavy (non-hydrogen) atoms. The first-order valence-electron chi connectivity index (χ1n) is 5.73. The quantitative estimate of drug-likeness (QED) is 0.791. The number of hydrogen-bond acceptors (Lipinski definition) is 3. The second-order valence-electron chi connectivity index (χ2n) is 4.45. The van der Waals surface area contributed by atoms with Crippen molar-refractivity contribution in [2.24, 2.45) is 0 Å². The van der Waals surface area contributed by atoms with Crippen LogP contribution in [0.15, 0.2) is 24.3 Å². The van der Waals surface area contributed by atoms with Gasteiger partial charge in [0.25, 0.3) is 0 Å². The predicted molar refractivity (Wildman–Crippen MR) is 63.6 cm³/mol. The number of carbonyl (C=O) groups is 1. The van der Waals surface area contributed by atoms with Gasteiger partial charge in [0.2, 0.25) is 0 Å². The Labute approximate surface area is 95.8 Å². The van der Waals surface area contributed by atoms with Gasteiger partial charge in [0.05, 0.1) is 11.7 Å². The van der Waals surface area contributed by atoms with Gasteiger partial charge < -0.3 is 10.1 Å². The molecule has 0 spiro atoms. The molecule has 1 N–H and O–H groups in total. The number of hydrogen-bond donors (Lipinski definition) is 1. The molecule has 3 nitrogen and oxygen atoms in total. The van der Waals surface area contributed by atoms with Crippen LogP contribution >= 0.6 is 0 Å². The lowest BCUT2D eigenvalue weighted by atomic mass is 10.2. The van der Waals surface area contributed by atoms with Gasteiger partial charge in [-0.05, 0) is 51.0 Å². The second kappa shape index (κ2) is 4.56. The summed E-state index contributed by atoms with van der Waals surface area (Å²) in [6.07, 6.45) is 2.42. The van der Waals surface area contributed by atoms with Crippen LogP contribution in [0, 0.1) is 0 Å². The molecule has 0 heterocycles. The van der Waals surface area contributed by atoms with E-state index in [4.69, 9.17) is 4.74 Å².